The molecule has 8 heteroatoms. The number of anilines is 1. The van der Waals surface area contributed by atoms with E-state index >= 15 is 0 Å². The summed E-state index contributed by atoms with van der Waals surface area (Å²) < 4.78 is 0. The number of rotatable bonds is 4. The lowest BCUT2D eigenvalue weighted by molar-refractivity contribution is -0.118. The first-order valence-corrected chi connectivity index (χ1v) is 6.26. The van der Waals surface area contributed by atoms with E-state index in [1.807, 2.05) is 0 Å². The van der Waals surface area contributed by atoms with E-state index in [4.69, 9.17) is 10.8 Å². The van der Waals surface area contributed by atoms with Crippen molar-refractivity contribution >= 4 is 39.2 Å². The number of amides is 1. The van der Waals surface area contributed by atoms with Crippen LogP contribution in [0.5, 0.6) is 0 Å². The predicted molar refractivity (Wildman–Crippen MR) is 71.4 cm³/mol. The van der Waals surface area contributed by atoms with Gasteiger partial charge in [0.25, 0.3) is 0 Å². The summed E-state index contributed by atoms with van der Waals surface area (Å²) in [4.78, 5) is 31.0. The Labute approximate surface area is 112 Å². The van der Waals surface area contributed by atoms with Gasteiger partial charge in [0.2, 0.25) is 5.91 Å². The van der Waals surface area contributed by atoms with Crippen molar-refractivity contribution in [3.8, 4) is 0 Å². The van der Waals surface area contributed by atoms with Crippen molar-refractivity contribution in [1.29, 1.82) is 0 Å². The molecule has 19 heavy (non-hydrogen) atoms. The van der Waals surface area contributed by atoms with Gasteiger partial charge < -0.3 is 16.2 Å². The maximum atomic E-state index is 11.1. The number of nitrogens with two attached hydrogens (primary N) is 1. The number of aromatic nitrogens is 2. The first kappa shape index (κ1) is 13.2. The quantitative estimate of drug-likeness (QED) is 0.768. The summed E-state index contributed by atoms with van der Waals surface area (Å²) in [7, 11) is 0. The molecule has 1 unspecified atom stereocenters. The van der Waals surface area contributed by atoms with Crippen molar-refractivity contribution in [2.45, 2.75) is 19.9 Å². The summed E-state index contributed by atoms with van der Waals surface area (Å²) in [5.74, 6) is -1.11. The molecule has 2 aromatic rings. The highest BCUT2D eigenvalue weighted by Crippen LogP contribution is 2.33. The summed E-state index contributed by atoms with van der Waals surface area (Å²) >= 11 is 1.07. The third-order valence-corrected chi connectivity index (χ3v) is 3.89. The zero-order valence-corrected chi connectivity index (χ0v) is 11.1. The van der Waals surface area contributed by atoms with E-state index in [1.54, 1.807) is 13.8 Å². The molecule has 100 valence electrons. The molecule has 1 atom stereocenters. The van der Waals surface area contributed by atoms with Gasteiger partial charge in [0, 0.05) is 0 Å². The third-order valence-electron chi connectivity index (χ3n) is 2.70. The van der Waals surface area contributed by atoms with Crippen LogP contribution < -0.4 is 11.1 Å². The number of carbonyl (C=O) groups excluding carboxylic acids is 1. The highest BCUT2D eigenvalue weighted by atomic mass is 32.1. The first-order valence-electron chi connectivity index (χ1n) is 5.45. The second-order valence-corrected chi connectivity index (χ2v) is 5.03. The van der Waals surface area contributed by atoms with Crippen molar-refractivity contribution in [3.05, 3.63) is 16.8 Å². The van der Waals surface area contributed by atoms with E-state index in [9.17, 15) is 9.59 Å². The first-order chi connectivity index (χ1) is 8.91. The summed E-state index contributed by atoms with van der Waals surface area (Å²) in [6, 6.07) is -0.606. The topological polar surface area (TPSA) is 118 Å². The number of carboxylic acids is 1. The molecule has 0 spiro atoms. The molecule has 1 amide bonds. The Morgan fingerprint density at radius 2 is 2.16 bits per heavy atom. The second kappa shape index (κ2) is 4.81. The zero-order chi connectivity index (χ0) is 14.2. The molecule has 0 saturated heterocycles. The van der Waals surface area contributed by atoms with Gasteiger partial charge in [-0.1, -0.05) is 0 Å². The lowest BCUT2D eigenvalue weighted by Crippen LogP contribution is -2.32. The molecular formula is C11H12N4O3S. The number of thiophene rings is 1. The summed E-state index contributed by atoms with van der Waals surface area (Å²) in [5.41, 5.74) is 5.76. The fraction of sp³-hybridized carbons (Fsp3) is 0.273. The number of nitrogens with one attached hydrogen (secondary N) is 1. The Bertz CT molecular complexity index is 667. The minimum atomic E-state index is -1.01. The van der Waals surface area contributed by atoms with Gasteiger partial charge >= 0.3 is 5.97 Å². The number of nitrogens with zero attached hydrogens (tertiary/aromatic N) is 2. The van der Waals surface area contributed by atoms with Crippen LogP contribution in [0.25, 0.3) is 10.2 Å². The lowest BCUT2D eigenvalue weighted by Gasteiger charge is -2.11. The normalized spacial score (nSPS) is 12.3. The molecule has 0 aromatic carbocycles. The van der Waals surface area contributed by atoms with Crippen LogP contribution >= 0.6 is 11.3 Å². The average molecular weight is 280 g/mol. The van der Waals surface area contributed by atoms with Gasteiger partial charge in [0.1, 0.15) is 27.9 Å². The van der Waals surface area contributed by atoms with Crippen LogP contribution in [0.3, 0.4) is 0 Å². The van der Waals surface area contributed by atoms with Gasteiger partial charge in [-0.05, 0) is 19.4 Å². The molecule has 0 aliphatic heterocycles. The summed E-state index contributed by atoms with van der Waals surface area (Å²) in [5, 5.41) is 12.6. The van der Waals surface area contributed by atoms with Crippen molar-refractivity contribution < 1.29 is 14.7 Å². The second-order valence-electron chi connectivity index (χ2n) is 4.03. The van der Waals surface area contributed by atoms with Gasteiger partial charge in [0.05, 0.1) is 5.39 Å². The number of carbonyl (C=O) groups is 2. The number of aromatic carboxylic acids is 1. The average Bonchev–Trinajstić information content (AvgIpc) is 2.68. The molecule has 2 aromatic heterocycles. The Hall–Kier alpha value is -2.22. The molecule has 0 saturated carbocycles. The zero-order valence-electron chi connectivity index (χ0n) is 10.3. The van der Waals surface area contributed by atoms with Crippen molar-refractivity contribution in [1.82, 2.24) is 9.97 Å². The molecule has 2 heterocycles. The molecule has 0 aliphatic rings. The number of hydrogen-bond acceptors (Lipinski definition) is 6. The minimum absolute atomic E-state index is 0.213. The van der Waals surface area contributed by atoms with E-state index in [0.29, 0.717) is 21.6 Å². The van der Waals surface area contributed by atoms with Crippen molar-refractivity contribution in [2.75, 3.05) is 5.32 Å². The molecule has 7 nitrogen and oxygen atoms in total. The Kier molecular flexibility index (Phi) is 3.34. The van der Waals surface area contributed by atoms with E-state index in [-0.39, 0.29) is 4.88 Å². The number of primary amides is 1. The fourth-order valence-electron chi connectivity index (χ4n) is 1.66. The van der Waals surface area contributed by atoms with Gasteiger partial charge in [0.15, 0.2) is 0 Å². The van der Waals surface area contributed by atoms with E-state index < -0.39 is 17.9 Å². The molecule has 4 N–H and O–H groups in total. The highest BCUT2D eigenvalue weighted by molar-refractivity contribution is 7.20. The highest BCUT2D eigenvalue weighted by Gasteiger charge is 2.20. The standard InChI is InChI=1S/C11H12N4O3S/c1-4-6-9(15-5(2)8(12)16)13-3-14-10(6)19-7(4)11(17)18/h3,5H,1-2H3,(H2,12,16)(H,17,18)(H,13,14,15). The molecule has 0 fully saturated rings. The van der Waals surface area contributed by atoms with Gasteiger partial charge in [-0.15, -0.1) is 11.3 Å². The van der Waals surface area contributed by atoms with E-state index in [2.05, 4.69) is 15.3 Å². The fourth-order valence-corrected chi connectivity index (χ4v) is 2.65. The molecule has 2 rings (SSSR count). The minimum Gasteiger partial charge on any atom is -0.477 e. The van der Waals surface area contributed by atoms with Crippen LogP contribution in [0.1, 0.15) is 22.2 Å². The molecule has 0 aliphatic carbocycles. The number of fused-ring (bicyclic) bond motifs is 1. The number of carboxylic acid groups (broad SMARTS) is 1. The largest absolute Gasteiger partial charge is 0.477 e. The maximum Gasteiger partial charge on any atom is 0.346 e. The Balaban J connectivity index is 2.56. The van der Waals surface area contributed by atoms with Crippen LogP contribution in [-0.4, -0.2) is 33.0 Å². The van der Waals surface area contributed by atoms with Crippen molar-refractivity contribution in [2.24, 2.45) is 5.73 Å². The number of aryl methyl sites for hydroxylation is 1. The predicted octanol–water partition coefficient (Wildman–Crippen LogP) is 0.984. The Morgan fingerprint density at radius 3 is 2.74 bits per heavy atom. The van der Waals surface area contributed by atoms with Crippen LogP contribution in [0.15, 0.2) is 6.33 Å². The molecule has 0 radical (unpaired) electrons. The van der Waals surface area contributed by atoms with Gasteiger partial charge in [-0.3, -0.25) is 4.79 Å². The summed E-state index contributed by atoms with van der Waals surface area (Å²) in [6.07, 6.45) is 1.32. The SMILES string of the molecule is Cc1c(C(=O)O)sc2ncnc(NC(C)C(N)=O)c12. The third kappa shape index (κ3) is 2.34. The van der Waals surface area contributed by atoms with Gasteiger partial charge in [-0.25, -0.2) is 14.8 Å². The van der Waals surface area contributed by atoms with Crippen LogP contribution in [-0.2, 0) is 4.79 Å². The van der Waals surface area contributed by atoms with E-state index in [0.717, 1.165) is 11.3 Å². The van der Waals surface area contributed by atoms with Gasteiger partial charge in [-0.2, -0.15) is 0 Å². The maximum absolute atomic E-state index is 11.1. The van der Waals surface area contributed by atoms with E-state index in [1.165, 1.54) is 6.33 Å². The monoisotopic (exact) mass is 280 g/mol. The Morgan fingerprint density at radius 1 is 1.47 bits per heavy atom. The molecular weight excluding hydrogens is 268 g/mol. The lowest BCUT2D eigenvalue weighted by atomic mass is 10.2. The molecule has 0 bridgehead atoms. The van der Waals surface area contributed by atoms with Crippen LogP contribution in [0.4, 0.5) is 5.82 Å². The smallest absolute Gasteiger partial charge is 0.346 e. The van der Waals surface area contributed by atoms with Crippen LogP contribution in [0, 0.1) is 6.92 Å². The van der Waals surface area contributed by atoms with Crippen molar-refractivity contribution in [3.63, 3.8) is 0 Å². The van der Waals surface area contributed by atoms with Crippen LogP contribution in [0.2, 0.25) is 0 Å². The summed E-state index contributed by atoms with van der Waals surface area (Å²) in [6.45, 7) is 3.29. The number of hydrogen-bond donors (Lipinski definition) is 3.